The number of benzene rings is 1. The Kier molecular flexibility index (Phi) is 2.62. The molecular formula is C17H20N2O. The van der Waals surface area contributed by atoms with Crippen LogP contribution in [0.1, 0.15) is 25.7 Å². The van der Waals surface area contributed by atoms with Crippen LogP contribution in [0.25, 0.3) is 10.9 Å². The molecule has 0 unspecified atom stereocenters. The molecule has 1 aliphatic carbocycles. The van der Waals surface area contributed by atoms with Crippen molar-refractivity contribution in [2.24, 2.45) is 5.41 Å². The van der Waals surface area contributed by atoms with Crippen LogP contribution in [-0.4, -0.2) is 25.2 Å². The van der Waals surface area contributed by atoms with Gasteiger partial charge in [0.25, 0.3) is 0 Å². The maximum absolute atomic E-state index is 5.44. The van der Waals surface area contributed by atoms with Gasteiger partial charge in [-0.2, -0.15) is 0 Å². The summed E-state index contributed by atoms with van der Waals surface area (Å²) in [6, 6.07) is 8.36. The highest BCUT2D eigenvalue weighted by Gasteiger charge is 2.45. The number of nitrogens with zero attached hydrogens (tertiary/aromatic N) is 2. The molecule has 0 amide bonds. The highest BCUT2D eigenvalue weighted by atomic mass is 16.5. The average Bonchev–Trinajstić information content (AvgIpc) is 3.24. The lowest BCUT2D eigenvalue weighted by Gasteiger charge is -2.35. The van der Waals surface area contributed by atoms with Gasteiger partial charge in [-0.1, -0.05) is 12.1 Å². The lowest BCUT2D eigenvalue weighted by molar-refractivity contribution is 0.396. The molecule has 1 saturated heterocycles. The van der Waals surface area contributed by atoms with Crippen molar-refractivity contribution in [3.8, 4) is 5.75 Å². The van der Waals surface area contributed by atoms with Gasteiger partial charge in [0.15, 0.2) is 0 Å². The molecule has 1 aliphatic heterocycles. The highest BCUT2D eigenvalue weighted by molar-refractivity contribution is 5.95. The second-order valence-corrected chi connectivity index (χ2v) is 6.21. The molecule has 3 heteroatoms. The Balaban J connectivity index is 1.79. The first-order valence-electron chi connectivity index (χ1n) is 7.48. The second kappa shape index (κ2) is 4.37. The zero-order valence-electron chi connectivity index (χ0n) is 11.9. The number of para-hydroxylation sites is 1. The first-order chi connectivity index (χ1) is 9.81. The Morgan fingerprint density at radius 1 is 1.20 bits per heavy atom. The molecule has 1 saturated carbocycles. The second-order valence-electron chi connectivity index (χ2n) is 6.21. The van der Waals surface area contributed by atoms with E-state index in [2.05, 4.69) is 28.1 Å². The Hall–Kier alpha value is -1.77. The van der Waals surface area contributed by atoms with Crippen molar-refractivity contribution in [2.45, 2.75) is 25.7 Å². The Morgan fingerprint density at radius 2 is 2.10 bits per heavy atom. The standard InChI is InChI=1S/C17H20N2O/c1-20-15-5-2-4-13-14(6-10-18-16(13)15)19-11-3-7-17(12-19)8-9-17/h2,4-6,10H,3,7-9,11-12H2,1H3. The summed E-state index contributed by atoms with van der Waals surface area (Å²) in [6.07, 6.45) is 7.46. The predicted molar refractivity (Wildman–Crippen MR) is 81.4 cm³/mol. The molecule has 2 fully saturated rings. The van der Waals surface area contributed by atoms with E-state index in [9.17, 15) is 0 Å². The Morgan fingerprint density at radius 3 is 2.90 bits per heavy atom. The first-order valence-corrected chi connectivity index (χ1v) is 7.48. The van der Waals surface area contributed by atoms with Gasteiger partial charge < -0.3 is 9.64 Å². The third kappa shape index (κ3) is 1.84. The number of hydrogen-bond donors (Lipinski definition) is 0. The number of pyridine rings is 1. The number of rotatable bonds is 2. The smallest absolute Gasteiger partial charge is 0.145 e. The van der Waals surface area contributed by atoms with Gasteiger partial charge >= 0.3 is 0 Å². The Bertz CT molecular complexity index is 648. The summed E-state index contributed by atoms with van der Waals surface area (Å²) in [5.74, 6) is 0.863. The van der Waals surface area contributed by atoms with E-state index in [-0.39, 0.29) is 0 Å². The van der Waals surface area contributed by atoms with Crippen molar-refractivity contribution in [3.63, 3.8) is 0 Å². The van der Waals surface area contributed by atoms with Crippen LogP contribution in [0.3, 0.4) is 0 Å². The number of ether oxygens (including phenoxy) is 1. The summed E-state index contributed by atoms with van der Waals surface area (Å²) in [5.41, 5.74) is 2.93. The van der Waals surface area contributed by atoms with Crippen LogP contribution in [0.2, 0.25) is 0 Å². The van der Waals surface area contributed by atoms with E-state index in [1.807, 2.05) is 12.3 Å². The van der Waals surface area contributed by atoms with Crippen LogP contribution in [0.15, 0.2) is 30.5 Å². The molecule has 1 spiro atoms. The van der Waals surface area contributed by atoms with Crippen molar-refractivity contribution in [2.75, 3.05) is 25.1 Å². The minimum atomic E-state index is 0.632. The maximum Gasteiger partial charge on any atom is 0.145 e. The van der Waals surface area contributed by atoms with Gasteiger partial charge in [0.05, 0.1) is 7.11 Å². The van der Waals surface area contributed by atoms with Crippen LogP contribution < -0.4 is 9.64 Å². The van der Waals surface area contributed by atoms with Gasteiger partial charge in [-0.05, 0) is 43.2 Å². The summed E-state index contributed by atoms with van der Waals surface area (Å²) >= 11 is 0. The maximum atomic E-state index is 5.44. The SMILES string of the molecule is COc1cccc2c(N3CCCC4(CC4)C3)ccnc12. The van der Waals surface area contributed by atoms with Crippen LogP contribution >= 0.6 is 0 Å². The molecule has 20 heavy (non-hydrogen) atoms. The van der Waals surface area contributed by atoms with Crippen LogP contribution in [0.5, 0.6) is 5.75 Å². The van der Waals surface area contributed by atoms with Gasteiger partial charge in [-0.25, -0.2) is 0 Å². The van der Waals surface area contributed by atoms with Gasteiger partial charge in [0, 0.05) is 30.4 Å². The summed E-state index contributed by atoms with van der Waals surface area (Å²) in [4.78, 5) is 7.06. The average molecular weight is 268 g/mol. The normalized spacial score (nSPS) is 20.4. The zero-order chi connectivity index (χ0) is 13.6. The molecule has 4 rings (SSSR count). The molecule has 104 valence electrons. The Labute approximate surface area is 119 Å². The molecule has 2 aliphatic rings. The molecule has 1 aromatic carbocycles. The number of hydrogen-bond acceptors (Lipinski definition) is 3. The topological polar surface area (TPSA) is 25.4 Å². The molecule has 0 N–H and O–H groups in total. The fourth-order valence-corrected chi connectivity index (χ4v) is 3.57. The molecule has 2 heterocycles. The van der Waals surface area contributed by atoms with E-state index in [1.54, 1.807) is 7.11 Å². The summed E-state index contributed by atoms with van der Waals surface area (Å²) < 4.78 is 5.44. The molecule has 0 atom stereocenters. The lowest BCUT2D eigenvalue weighted by Crippen LogP contribution is -2.36. The number of fused-ring (bicyclic) bond motifs is 1. The molecule has 0 bridgehead atoms. The van der Waals surface area contributed by atoms with Crippen molar-refractivity contribution in [3.05, 3.63) is 30.5 Å². The molecular weight excluding hydrogens is 248 g/mol. The molecule has 0 radical (unpaired) electrons. The summed E-state index contributed by atoms with van der Waals surface area (Å²) in [6.45, 7) is 2.38. The number of piperidine rings is 1. The van der Waals surface area contributed by atoms with Crippen molar-refractivity contribution in [1.82, 2.24) is 4.98 Å². The van der Waals surface area contributed by atoms with E-state index in [0.29, 0.717) is 5.41 Å². The number of anilines is 1. The van der Waals surface area contributed by atoms with E-state index in [0.717, 1.165) is 17.8 Å². The minimum Gasteiger partial charge on any atom is -0.494 e. The summed E-state index contributed by atoms with van der Waals surface area (Å²) in [5, 5.41) is 1.21. The van der Waals surface area contributed by atoms with Gasteiger partial charge in [-0.15, -0.1) is 0 Å². The fraction of sp³-hybridized carbons (Fsp3) is 0.471. The van der Waals surface area contributed by atoms with Crippen LogP contribution in [0.4, 0.5) is 5.69 Å². The lowest BCUT2D eigenvalue weighted by atomic mass is 9.94. The van der Waals surface area contributed by atoms with Gasteiger partial charge in [0.2, 0.25) is 0 Å². The highest BCUT2D eigenvalue weighted by Crippen LogP contribution is 2.53. The number of aromatic nitrogens is 1. The largest absolute Gasteiger partial charge is 0.494 e. The molecule has 1 aromatic heterocycles. The molecule has 3 nitrogen and oxygen atoms in total. The first kappa shape index (κ1) is 12.0. The van der Waals surface area contributed by atoms with Crippen molar-refractivity contribution in [1.29, 1.82) is 0 Å². The van der Waals surface area contributed by atoms with E-state index in [4.69, 9.17) is 4.74 Å². The van der Waals surface area contributed by atoms with Gasteiger partial charge in [-0.3, -0.25) is 4.98 Å². The van der Waals surface area contributed by atoms with Crippen LogP contribution in [-0.2, 0) is 0 Å². The van der Waals surface area contributed by atoms with Crippen LogP contribution in [0, 0.1) is 5.41 Å². The van der Waals surface area contributed by atoms with E-state index in [1.165, 1.54) is 43.3 Å². The minimum absolute atomic E-state index is 0.632. The van der Waals surface area contributed by atoms with Crippen molar-refractivity contribution >= 4 is 16.6 Å². The van der Waals surface area contributed by atoms with Gasteiger partial charge in [0.1, 0.15) is 11.3 Å². The third-order valence-corrected chi connectivity index (χ3v) is 4.89. The monoisotopic (exact) mass is 268 g/mol. The third-order valence-electron chi connectivity index (χ3n) is 4.89. The summed E-state index contributed by atoms with van der Waals surface area (Å²) in [7, 11) is 1.71. The zero-order valence-corrected chi connectivity index (χ0v) is 11.9. The molecule has 2 aromatic rings. The fourth-order valence-electron chi connectivity index (χ4n) is 3.57. The predicted octanol–water partition coefficient (Wildman–Crippen LogP) is 3.62. The number of methoxy groups -OCH3 is 1. The quantitative estimate of drug-likeness (QED) is 0.831. The van der Waals surface area contributed by atoms with E-state index >= 15 is 0 Å². The van der Waals surface area contributed by atoms with E-state index < -0.39 is 0 Å². The van der Waals surface area contributed by atoms with Crippen molar-refractivity contribution < 1.29 is 4.74 Å².